The predicted molar refractivity (Wildman–Crippen MR) is 74.1 cm³/mol. The fraction of sp³-hybridized carbons (Fsp3) is 0.0909. The third kappa shape index (κ3) is 3.21. The van der Waals surface area contributed by atoms with Gasteiger partial charge in [0.1, 0.15) is 10.2 Å². The summed E-state index contributed by atoms with van der Waals surface area (Å²) in [5.41, 5.74) is 7.07. The van der Waals surface area contributed by atoms with Crippen LogP contribution in [0.15, 0.2) is 34.1 Å². The molecule has 3 N–H and O–H groups in total. The molecular weight excluding hydrogens is 274 g/mol. The smallest absolute Gasteiger partial charge is 0.150 e. The van der Waals surface area contributed by atoms with Gasteiger partial charge < -0.3 is 5.73 Å². The lowest BCUT2D eigenvalue weighted by atomic mass is 10.1. The van der Waals surface area contributed by atoms with Crippen molar-refractivity contribution in [1.29, 1.82) is 5.41 Å². The van der Waals surface area contributed by atoms with E-state index in [2.05, 4.69) is 4.98 Å². The Morgan fingerprint density at radius 3 is 2.94 bits per heavy atom. The summed E-state index contributed by atoms with van der Waals surface area (Å²) < 4.78 is 1.02. The lowest BCUT2D eigenvalue weighted by molar-refractivity contribution is 1.24. The van der Waals surface area contributed by atoms with Crippen LogP contribution in [0.25, 0.3) is 0 Å². The highest BCUT2D eigenvalue weighted by Gasteiger charge is 2.05. The molecule has 0 saturated heterocycles. The molecular formula is C11H10ClN3S2. The zero-order chi connectivity index (χ0) is 12.3. The minimum absolute atomic E-state index is 0.0334. The standard InChI is InChI=1S/C11H10ClN3S2/c12-9-5-7(10(13)14)1-2-8(9)6-17-11-15-3-4-16-11/h1-5H,6H2,(H3,13,14). The van der Waals surface area contributed by atoms with Crippen LogP contribution in [0.5, 0.6) is 0 Å². The second-order valence-corrected chi connectivity index (χ2v) is 5.83. The lowest BCUT2D eigenvalue weighted by Crippen LogP contribution is -2.10. The van der Waals surface area contributed by atoms with Crippen molar-refractivity contribution in [1.82, 2.24) is 4.98 Å². The Bertz CT molecular complexity index is 526. The van der Waals surface area contributed by atoms with Crippen LogP contribution < -0.4 is 5.73 Å². The fourth-order valence-corrected chi connectivity index (χ4v) is 3.22. The number of thiazole rings is 1. The Kier molecular flexibility index (Phi) is 4.04. The molecule has 88 valence electrons. The number of benzene rings is 1. The molecule has 0 unspecified atom stereocenters. The van der Waals surface area contributed by atoms with Crippen LogP contribution >= 0.6 is 34.7 Å². The van der Waals surface area contributed by atoms with E-state index in [0.717, 1.165) is 15.7 Å². The molecule has 1 aromatic carbocycles. The number of halogens is 1. The van der Waals surface area contributed by atoms with E-state index in [1.165, 1.54) is 0 Å². The van der Waals surface area contributed by atoms with Crippen molar-refractivity contribution in [2.75, 3.05) is 0 Å². The first-order chi connectivity index (χ1) is 8.16. The third-order valence-electron chi connectivity index (χ3n) is 2.12. The summed E-state index contributed by atoms with van der Waals surface area (Å²) in [6, 6.07) is 5.44. The van der Waals surface area contributed by atoms with Gasteiger partial charge in [-0.1, -0.05) is 35.5 Å². The summed E-state index contributed by atoms with van der Waals surface area (Å²) in [7, 11) is 0. The summed E-state index contributed by atoms with van der Waals surface area (Å²) in [5.74, 6) is 0.802. The Labute approximate surface area is 113 Å². The van der Waals surface area contributed by atoms with E-state index >= 15 is 0 Å². The van der Waals surface area contributed by atoms with Crippen molar-refractivity contribution in [2.24, 2.45) is 5.73 Å². The fourth-order valence-electron chi connectivity index (χ4n) is 1.25. The van der Waals surface area contributed by atoms with Crippen LogP contribution in [-0.2, 0) is 5.75 Å². The summed E-state index contributed by atoms with van der Waals surface area (Å²) in [5, 5.41) is 9.91. The van der Waals surface area contributed by atoms with Gasteiger partial charge in [-0.2, -0.15) is 0 Å². The Morgan fingerprint density at radius 1 is 1.53 bits per heavy atom. The van der Waals surface area contributed by atoms with Crippen LogP contribution in [-0.4, -0.2) is 10.8 Å². The third-order valence-corrected chi connectivity index (χ3v) is 4.49. The minimum Gasteiger partial charge on any atom is -0.384 e. The topological polar surface area (TPSA) is 62.8 Å². The average Bonchev–Trinajstić information content (AvgIpc) is 2.80. The highest BCUT2D eigenvalue weighted by atomic mass is 35.5. The largest absolute Gasteiger partial charge is 0.384 e. The van der Waals surface area contributed by atoms with Gasteiger partial charge in [0.15, 0.2) is 0 Å². The number of nitrogens with one attached hydrogen (secondary N) is 1. The minimum atomic E-state index is 0.0334. The van der Waals surface area contributed by atoms with E-state index in [-0.39, 0.29) is 5.84 Å². The molecule has 0 aliphatic heterocycles. The molecule has 0 aliphatic rings. The molecule has 0 fully saturated rings. The van der Waals surface area contributed by atoms with Gasteiger partial charge >= 0.3 is 0 Å². The first-order valence-electron chi connectivity index (χ1n) is 4.82. The molecule has 0 aliphatic carbocycles. The molecule has 1 heterocycles. The van der Waals surface area contributed by atoms with Gasteiger partial charge in [-0.25, -0.2) is 4.98 Å². The molecule has 2 rings (SSSR count). The molecule has 0 amide bonds. The van der Waals surface area contributed by atoms with Crippen LogP contribution in [0.1, 0.15) is 11.1 Å². The van der Waals surface area contributed by atoms with Gasteiger partial charge in [-0.3, -0.25) is 5.41 Å². The van der Waals surface area contributed by atoms with E-state index in [0.29, 0.717) is 10.6 Å². The highest BCUT2D eigenvalue weighted by molar-refractivity contribution is 8.00. The molecule has 1 aromatic heterocycles. The average molecular weight is 284 g/mol. The monoisotopic (exact) mass is 283 g/mol. The molecule has 6 heteroatoms. The first kappa shape index (κ1) is 12.4. The van der Waals surface area contributed by atoms with E-state index in [1.54, 1.807) is 35.4 Å². The molecule has 17 heavy (non-hydrogen) atoms. The normalized spacial score (nSPS) is 10.4. The number of nitrogen functional groups attached to an aromatic ring is 1. The molecule has 3 nitrogen and oxygen atoms in total. The molecule has 0 spiro atoms. The molecule has 0 radical (unpaired) electrons. The van der Waals surface area contributed by atoms with Crippen molar-refractivity contribution in [3.8, 4) is 0 Å². The van der Waals surface area contributed by atoms with Gasteiger partial charge in [0.05, 0.1) is 0 Å². The Morgan fingerprint density at radius 2 is 2.35 bits per heavy atom. The molecule has 0 saturated carbocycles. The zero-order valence-electron chi connectivity index (χ0n) is 8.81. The Hall–Kier alpha value is -1.04. The maximum atomic E-state index is 7.32. The van der Waals surface area contributed by atoms with Crippen molar-refractivity contribution in [3.63, 3.8) is 0 Å². The number of aromatic nitrogens is 1. The summed E-state index contributed by atoms with van der Waals surface area (Å²) in [4.78, 5) is 4.19. The van der Waals surface area contributed by atoms with Gasteiger partial charge in [-0.05, 0) is 11.6 Å². The maximum absolute atomic E-state index is 7.32. The van der Waals surface area contributed by atoms with E-state index in [1.807, 2.05) is 17.5 Å². The molecule has 0 bridgehead atoms. The number of nitrogens with two attached hydrogens (primary N) is 1. The van der Waals surface area contributed by atoms with E-state index < -0.39 is 0 Å². The molecule has 0 atom stereocenters. The highest BCUT2D eigenvalue weighted by Crippen LogP contribution is 2.28. The Balaban J connectivity index is 2.09. The van der Waals surface area contributed by atoms with Gasteiger partial charge in [-0.15, -0.1) is 11.3 Å². The number of nitrogens with zero attached hydrogens (tertiary/aromatic N) is 1. The summed E-state index contributed by atoms with van der Waals surface area (Å²) in [6.07, 6.45) is 1.79. The van der Waals surface area contributed by atoms with Gasteiger partial charge in [0.25, 0.3) is 0 Å². The maximum Gasteiger partial charge on any atom is 0.150 e. The number of rotatable bonds is 4. The van der Waals surface area contributed by atoms with Crippen LogP contribution in [0.4, 0.5) is 0 Å². The van der Waals surface area contributed by atoms with Crippen LogP contribution in [0, 0.1) is 5.41 Å². The quantitative estimate of drug-likeness (QED) is 0.514. The second kappa shape index (κ2) is 5.53. The molecule has 2 aromatic rings. The van der Waals surface area contributed by atoms with Crippen LogP contribution in [0.3, 0.4) is 0 Å². The number of thioether (sulfide) groups is 1. The lowest BCUT2D eigenvalue weighted by Gasteiger charge is -2.05. The van der Waals surface area contributed by atoms with Crippen molar-refractivity contribution >= 4 is 40.5 Å². The zero-order valence-corrected chi connectivity index (χ0v) is 11.2. The second-order valence-electron chi connectivity index (χ2n) is 3.31. The number of hydrogen-bond acceptors (Lipinski definition) is 4. The van der Waals surface area contributed by atoms with Crippen molar-refractivity contribution in [2.45, 2.75) is 10.1 Å². The predicted octanol–water partition coefficient (Wildman–Crippen LogP) is 3.37. The van der Waals surface area contributed by atoms with E-state index in [4.69, 9.17) is 22.7 Å². The number of amidine groups is 1. The summed E-state index contributed by atoms with van der Waals surface area (Å²) in [6.45, 7) is 0. The van der Waals surface area contributed by atoms with E-state index in [9.17, 15) is 0 Å². The van der Waals surface area contributed by atoms with Crippen LogP contribution in [0.2, 0.25) is 5.02 Å². The first-order valence-corrected chi connectivity index (χ1v) is 7.06. The van der Waals surface area contributed by atoms with Crippen molar-refractivity contribution < 1.29 is 0 Å². The van der Waals surface area contributed by atoms with Gasteiger partial charge in [0.2, 0.25) is 0 Å². The van der Waals surface area contributed by atoms with Gasteiger partial charge in [0, 0.05) is 27.9 Å². The summed E-state index contributed by atoms with van der Waals surface area (Å²) >= 11 is 9.39. The van der Waals surface area contributed by atoms with Crippen molar-refractivity contribution in [3.05, 3.63) is 45.9 Å². The SMILES string of the molecule is N=C(N)c1ccc(CSc2nccs2)c(Cl)c1. The number of hydrogen-bond donors (Lipinski definition) is 2.